The normalized spacial score (nSPS) is 12.6. The summed E-state index contributed by atoms with van der Waals surface area (Å²) in [5, 5.41) is 12.7. The predicted octanol–water partition coefficient (Wildman–Crippen LogP) is 3.51. The lowest BCUT2D eigenvalue weighted by molar-refractivity contribution is 0.475. The number of hydrogen-bond acceptors (Lipinski definition) is 4. The van der Waals surface area contributed by atoms with Crippen LogP contribution in [0, 0.1) is 6.92 Å². The number of aromatic hydroxyl groups is 1. The number of aryl methyl sites for hydroxylation is 2. The topological polar surface area (TPSA) is 78.4 Å². The summed E-state index contributed by atoms with van der Waals surface area (Å²) < 4.78 is 25.4. The van der Waals surface area contributed by atoms with E-state index in [1.165, 1.54) is 5.56 Å². The van der Waals surface area contributed by atoms with Gasteiger partial charge in [-0.2, -0.15) is 0 Å². The van der Waals surface area contributed by atoms with Gasteiger partial charge in [-0.3, -0.25) is 4.72 Å². The van der Waals surface area contributed by atoms with Crippen molar-refractivity contribution in [3.05, 3.63) is 53.6 Å². The minimum atomic E-state index is -3.29. The molecule has 0 saturated heterocycles. The van der Waals surface area contributed by atoms with Gasteiger partial charge in [-0.15, -0.1) is 0 Å². The summed E-state index contributed by atoms with van der Waals surface area (Å²) in [7, 11) is -3.29. The van der Waals surface area contributed by atoms with E-state index in [0.717, 1.165) is 30.3 Å². The van der Waals surface area contributed by atoms with Crippen LogP contribution >= 0.6 is 0 Å². The molecule has 0 aliphatic rings. The highest BCUT2D eigenvalue weighted by Gasteiger charge is 2.08. The van der Waals surface area contributed by atoms with Crippen LogP contribution in [0.25, 0.3) is 0 Å². The zero-order valence-electron chi connectivity index (χ0n) is 14.2. The van der Waals surface area contributed by atoms with Gasteiger partial charge in [0.1, 0.15) is 5.75 Å². The van der Waals surface area contributed by atoms with Crippen molar-refractivity contribution >= 4 is 21.4 Å². The van der Waals surface area contributed by atoms with E-state index in [0.29, 0.717) is 5.69 Å². The maximum Gasteiger partial charge on any atom is 0.229 e. The maximum atomic E-state index is 11.4. The molecule has 3 N–H and O–H groups in total. The van der Waals surface area contributed by atoms with E-state index in [9.17, 15) is 13.5 Å². The molecule has 0 saturated carbocycles. The van der Waals surface area contributed by atoms with Gasteiger partial charge in [0.2, 0.25) is 10.0 Å². The van der Waals surface area contributed by atoms with Crippen molar-refractivity contribution in [3.8, 4) is 5.75 Å². The van der Waals surface area contributed by atoms with E-state index in [-0.39, 0.29) is 11.8 Å². The van der Waals surface area contributed by atoms with E-state index in [4.69, 9.17) is 0 Å². The molecule has 0 spiro atoms. The second-order valence-corrected chi connectivity index (χ2v) is 7.90. The Morgan fingerprint density at radius 2 is 1.79 bits per heavy atom. The van der Waals surface area contributed by atoms with E-state index >= 15 is 0 Å². The third kappa shape index (κ3) is 5.77. The first-order valence-electron chi connectivity index (χ1n) is 7.86. The second kappa shape index (κ2) is 7.57. The Balaban J connectivity index is 1.97. The van der Waals surface area contributed by atoms with Gasteiger partial charge in [-0.05, 0) is 62.1 Å². The van der Waals surface area contributed by atoms with Crippen LogP contribution in [0.5, 0.6) is 5.75 Å². The molecule has 130 valence electrons. The van der Waals surface area contributed by atoms with Gasteiger partial charge in [-0.1, -0.05) is 18.2 Å². The van der Waals surface area contributed by atoms with Crippen molar-refractivity contribution in [2.45, 2.75) is 32.7 Å². The number of sulfonamides is 1. The highest BCUT2D eigenvalue weighted by molar-refractivity contribution is 7.92. The molecule has 0 aliphatic carbocycles. The molecule has 0 aliphatic heterocycles. The first-order chi connectivity index (χ1) is 11.2. The molecule has 0 fully saturated rings. The molecule has 0 amide bonds. The van der Waals surface area contributed by atoms with Gasteiger partial charge in [0.25, 0.3) is 0 Å². The zero-order valence-corrected chi connectivity index (χ0v) is 15.0. The van der Waals surface area contributed by atoms with Crippen molar-refractivity contribution in [2.24, 2.45) is 0 Å². The fourth-order valence-electron chi connectivity index (χ4n) is 2.42. The second-order valence-electron chi connectivity index (χ2n) is 6.15. The van der Waals surface area contributed by atoms with Crippen LogP contribution in [0.4, 0.5) is 11.4 Å². The van der Waals surface area contributed by atoms with Crippen LogP contribution in [-0.2, 0) is 16.4 Å². The highest BCUT2D eigenvalue weighted by atomic mass is 32.2. The molecule has 6 heteroatoms. The van der Waals surface area contributed by atoms with E-state index in [1.807, 2.05) is 37.3 Å². The first kappa shape index (κ1) is 18.1. The molecule has 24 heavy (non-hydrogen) atoms. The van der Waals surface area contributed by atoms with Crippen molar-refractivity contribution in [2.75, 3.05) is 16.3 Å². The molecule has 0 unspecified atom stereocenters. The van der Waals surface area contributed by atoms with Gasteiger partial charge >= 0.3 is 0 Å². The van der Waals surface area contributed by atoms with E-state index in [1.54, 1.807) is 12.1 Å². The molecule has 0 aromatic heterocycles. The lowest BCUT2D eigenvalue weighted by Gasteiger charge is -2.17. The third-order valence-corrected chi connectivity index (χ3v) is 4.34. The van der Waals surface area contributed by atoms with Crippen LogP contribution in [-0.4, -0.2) is 25.8 Å². The van der Waals surface area contributed by atoms with Gasteiger partial charge in [0, 0.05) is 11.7 Å². The molecule has 2 rings (SSSR count). The van der Waals surface area contributed by atoms with Crippen LogP contribution in [0.3, 0.4) is 0 Å². The Bertz CT molecular complexity index is 786. The van der Waals surface area contributed by atoms with E-state index < -0.39 is 10.0 Å². The number of phenolic OH excluding ortho intramolecular Hbond substituents is 1. The van der Waals surface area contributed by atoms with Gasteiger partial charge in [0.05, 0.1) is 11.9 Å². The van der Waals surface area contributed by atoms with Crippen molar-refractivity contribution in [3.63, 3.8) is 0 Å². The fourth-order valence-corrected chi connectivity index (χ4v) is 3.04. The molecule has 2 aromatic rings. The van der Waals surface area contributed by atoms with Crippen LogP contribution in [0.2, 0.25) is 0 Å². The molecule has 5 nitrogen and oxygen atoms in total. The molecule has 0 bridgehead atoms. The monoisotopic (exact) mass is 348 g/mol. The number of anilines is 2. The predicted molar refractivity (Wildman–Crippen MR) is 99.2 cm³/mol. The van der Waals surface area contributed by atoms with Crippen molar-refractivity contribution < 1.29 is 13.5 Å². The Labute approximate surface area is 143 Å². The molecule has 0 heterocycles. The third-order valence-electron chi connectivity index (χ3n) is 3.75. The molecule has 2 aromatic carbocycles. The number of nitrogens with one attached hydrogen (secondary N) is 2. The Morgan fingerprint density at radius 1 is 1.12 bits per heavy atom. The molecule has 0 radical (unpaired) electrons. The van der Waals surface area contributed by atoms with Crippen LogP contribution in [0.15, 0.2) is 42.5 Å². The summed E-state index contributed by atoms with van der Waals surface area (Å²) >= 11 is 0. The molecular weight excluding hydrogens is 324 g/mol. The Kier molecular flexibility index (Phi) is 5.72. The van der Waals surface area contributed by atoms with Gasteiger partial charge in [0.15, 0.2) is 0 Å². The van der Waals surface area contributed by atoms with Crippen molar-refractivity contribution in [1.82, 2.24) is 0 Å². The quantitative estimate of drug-likeness (QED) is 0.715. The Hall–Kier alpha value is -2.21. The highest BCUT2D eigenvalue weighted by Crippen LogP contribution is 2.22. The summed E-state index contributed by atoms with van der Waals surface area (Å²) in [5.41, 5.74) is 3.52. The fraction of sp³-hybridized carbons (Fsp3) is 0.333. The Morgan fingerprint density at radius 3 is 2.42 bits per heavy atom. The molecular formula is C18H24N2O3S. The van der Waals surface area contributed by atoms with Crippen LogP contribution in [0.1, 0.15) is 24.5 Å². The van der Waals surface area contributed by atoms with Gasteiger partial charge in [-0.25, -0.2) is 8.42 Å². The van der Waals surface area contributed by atoms with Crippen LogP contribution < -0.4 is 10.0 Å². The summed E-state index contributed by atoms with van der Waals surface area (Å²) in [6.45, 7) is 3.95. The minimum absolute atomic E-state index is 0.229. The average molecular weight is 348 g/mol. The summed E-state index contributed by atoms with van der Waals surface area (Å²) in [6.07, 6.45) is 2.97. The lowest BCUT2D eigenvalue weighted by atomic mass is 10.1. The summed E-state index contributed by atoms with van der Waals surface area (Å²) in [5.74, 6) is 0.274. The maximum absolute atomic E-state index is 11.4. The lowest BCUT2D eigenvalue weighted by Crippen LogP contribution is -2.16. The first-order valence-corrected chi connectivity index (χ1v) is 9.75. The number of benzene rings is 2. The minimum Gasteiger partial charge on any atom is -0.508 e. The van der Waals surface area contributed by atoms with Gasteiger partial charge < -0.3 is 10.4 Å². The SMILES string of the molecule is Cc1ccc(N[C@@H](C)CCc2ccc(O)cc2)cc1NS(C)(=O)=O. The largest absolute Gasteiger partial charge is 0.508 e. The molecule has 1 atom stereocenters. The zero-order chi connectivity index (χ0) is 17.7. The average Bonchev–Trinajstić information content (AvgIpc) is 2.49. The smallest absolute Gasteiger partial charge is 0.229 e. The standard InChI is InChI=1S/C18H24N2O3S/c1-13-4-9-16(12-18(13)20-24(3,22)23)19-14(2)5-6-15-7-10-17(21)11-8-15/h4,7-12,14,19-21H,5-6H2,1-3H3/t14-/m0/s1. The number of rotatable bonds is 7. The number of phenols is 1. The summed E-state index contributed by atoms with van der Waals surface area (Å²) in [6, 6.07) is 13.1. The summed E-state index contributed by atoms with van der Waals surface area (Å²) in [4.78, 5) is 0. The van der Waals surface area contributed by atoms with Crippen molar-refractivity contribution in [1.29, 1.82) is 0 Å². The number of hydrogen-bond donors (Lipinski definition) is 3. The van der Waals surface area contributed by atoms with E-state index in [2.05, 4.69) is 17.0 Å².